The van der Waals surface area contributed by atoms with Crippen molar-refractivity contribution in [1.29, 1.82) is 0 Å². The van der Waals surface area contributed by atoms with Gasteiger partial charge in [-0.25, -0.2) is 4.68 Å². The van der Waals surface area contributed by atoms with Gasteiger partial charge in [-0.2, -0.15) is 5.10 Å². The molecule has 1 aliphatic rings. The molecule has 0 bridgehead atoms. The lowest BCUT2D eigenvalue weighted by Gasteiger charge is -2.12. The van der Waals surface area contributed by atoms with Crippen LogP contribution in [0.5, 0.6) is 0 Å². The smallest absolute Gasteiger partial charge is 0.293 e. The lowest BCUT2D eigenvalue weighted by molar-refractivity contribution is -0.384. The molecule has 1 saturated carbocycles. The number of amides is 2. The van der Waals surface area contributed by atoms with E-state index in [1.54, 1.807) is 24.3 Å². The van der Waals surface area contributed by atoms with E-state index >= 15 is 0 Å². The van der Waals surface area contributed by atoms with Gasteiger partial charge < -0.3 is 5.32 Å². The molecule has 0 unspecified atom stereocenters. The van der Waals surface area contributed by atoms with Gasteiger partial charge in [-0.1, -0.05) is 38.0 Å². The number of hydrazine groups is 1. The maximum atomic E-state index is 12.9. The molecule has 2 aromatic carbocycles. The normalized spacial score (nSPS) is 12.8. The minimum Gasteiger partial charge on any atom is -0.377 e. The van der Waals surface area contributed by atoms with Crippen molar-refractivity contribution in [3.05, 3.63) is 74.2 Å². The number of fused-ring (bicyclic) bond motifs is 1. The summed E-state index contributed by atoms with van der Waals surface area (Å²) < 4.78 is 1.27. The Morgan fingerprint density at radius 1 is 1.09 bits per heavy atom. The van der Waals surface area contributed by atoms with Crippen molar-refractivity contribution in [2.24, 2.45) is 0 Å². The number of carbonyl (C=O) groups is 2. The molecular weight excluding hydrogens is 452 g/mol. The number of nitrogens with zero attached hydrogens (tertiary/aromatic N) is 3. The van der Waals surface area contributed by atoms with Crippen molar-refractivity contribution >= 4 is 34.0 Å². The molecule has 1 fully saturated rings. The van der Waals surface area contributed by atoms with E-state index in [4.69, 9.17) is 0 Å². The largest absolute Gasteiger partial charge is 0.377 e. The summed E-state index contributed by atoms with van der Waals surface area (Å²) in [5.74, 6) is -1.43. The number of nitro benzene ring substituents is 1. The molecule has 11 heteroatoms. The Balaban J connectivity index is 1.53. The first-order valence-corrected chi connectivity index (χ1v) is 11.5. The quantitative estimate of drug-likeness (QED) is 0.243. The molecule has 11 nitrogen and oxygen atoms in total. The van der Waals surface area contributed by atoms with Crippen LogP contribution in [0.15, 0.2) is 47.3 Å². The maximum Gasteiger partial charge on any atom is 0.293 e. The van der Waals surface area contributed by atoms with Gasteiger partial charge in [0.2, 0.25) is 0 Å². The summed E-state index contributed by atoms with van der Waals surface area (Å²) in [6, 6.07) is 10.9. The number of anilines is 1. The lowest BCUT2D eigenvalue weighted by atomic mass is 10.1. The summed E-state index contributed by atoms with van der Waals surface area (Å²) in [6.07, 6.45) is 4.52. The van der Waals surface area contributed by atoms with Gasteiger partial charge in [0.25, 0.3) is 23.1 Å². The van der Waals surface area contributed by atoms with Crippen LogP contribution in [0.4, 0.5) is 11.4 Å². The third kappa shape index (κ3) is 5.45. The highest BCUT2D eigenvalue weighted by molar-refractivity contribution is 6.06. The molecule has 0 spiro atoms. The number of rotatable bonds is 9. The monoisotopic (exact) mass is 478 g/mol. The van der Waals surface area contributed by atoms with Crippen LogP contribution in [0.2, 0.25) is 0 Å². The third-order valence-corrected chi connectivity index (χ3v) is 5.74. The minimum absolute atomic E-state index is 0.00744. The first-order chi connectivity index (χ1) is 16.9. The molecule has 0 radical (unpaired) electrons. The number of carbonyl (C=O) groups excluding carboxylic acids is 2. The van der Waals surface area contributed by atoms with Crippen LogP contribution in [-0.4, -0.2) is 32.6 Å². The Morgan fingerprint density at radius 2 is 1.80 bits per heavy atom. The first-order valence-electron chi connectivity index (χ1n) is 11.5. The fraction of sp³-hybridized carbons (Fsp3) is 0.333. The zero-order valence-electron chi connectivity index (χ0n) is 19.2. The van der Waals surface area contributed by atoms with Gasteiger partial charge in [0.05, 0.1) is 10.3 Å². The molecule has 0 saturated heterocycles. The highest BCUT2D eigenvalue weighted by Crippen LogP contribution is 2.31. The Kier molecular flexibility index (Phi) is 7.04. The number of aromatic nitrogens is 2. The second-order valence-corrected chi connectivity index (χ2v) is 8.45. The van der Waals surface area contributed by atoms with Crippen LogP contribution in [-0.2, 0) is 6.54 Å². The van der Waals surface area contributed by atoms with E-state index < -0.39 is 16.7 Å². The highest BCUT2D eigenvalue weighted by Gasteiger charge is 2.26. The fourth-order valence-electron chi connectivity index (χ4n) is 3.70. The van der Waals surface area contributed by atoms with Crippen LogP contribution in [0.3, 0.4) is 0 Å². The first kappa shape index (κ1) is 23.9. The highest BCUT2D eigenvalue weighted by atomic mass is 16.6. The van der Waals surface area contributed by atoms with Crippen LogP contribution < -0.4 is 21.7 Å². The van der Waals surface area contributed by atoms with Crippen molar-refractivity contribution in [3.8, 4) is 0 Å². The molecule has 2 amide bonds. The van der Waals surface area contributed by atoms with Crippen molar-refractivity contribution in [2.75, 3.05) is 5.32 Å². The van der Waals surface area contributed by atoms with Gasteiger partial charge in [-0.15, -0.1) is 0 Å². The van der Waals surface area contributed by atoms with Gasteiger partial charge in [-0.05, 0) is 37.5 Å². The van der Waals surface area contributed by atoms with Crippen molar-refractivity contribution in [1.82, 2.24) is 20.6 Å². The predicted molar refractivity (Wildman–Crippen MR) is 130 cm³/mol. The van der Waals surface area contributed by atoms with E-state index in [0.717, 1.165) is 38.2 Å². The number of benzene rings is 2. The number of nitrogens with one attached hydrogen (secondary N) is 3. The summed E-state index contributed by atoms with van der Waals surface area (Å²) in [7, 11) is 0. The number of nitro groups is 1. The lowest BCUT2D eigenvalue weighted by Crippen LogP contribution is -2.42. The van der Waals surface area contributed by atoms with Crippen molar-refractivity contribution in [3.63, 3.8) is 0 Å². The number of aryl methyl sites for hydroxylation is 1. The topological polar surface area (TPSA) is 148 Å². The average Bonchev–Trinajstić information content (AvgIpc) is 3.68. The molecule has 1 aromatic heterocycles. The van der Waals surface area contributed by atoms with Gasteiger partial charge in [0, 0.05) is 29.6 Å². The van der Waals surface area contributed by atoms with Gasteiger partial charge >= 0.3 is 0 Å². The Morgan fingerprint density at radius 3 is 2.49 bits per heavy atom. The SMILES string of the molecule is CCCCCn1nc(C(=O)NNC(=O)c2ccc(NC3CC3)c([N+](=O)[O-])c2)c2ccccc2c1=O. The van der Waals surface area contributed by atoms with Crippen LogP contribution in [0, 0.1) is 10.1 Å². The third-order valence-electron chi connectivity index (χ3n) is 5.74. The van der Waals surface area contributed by atoms with E-state index in [1.807, 2.05) is 6.92 Å². The maximum absolute atomic E-state index is 12.9. The van der Waals surface area contributed by atoms with Crippen molar-refractivity contribution < 1.29 is 14.5 Å². The Labute approximate surface area is 200 Å². The molecule has 3 N–H and O–H groups in total. The molecule has 182 valence electrons. The number of hydrogen-bond donors (Lipinski definition) is 3. The van der Waals surface area contributed by atoms with Crippen LogP contribution in [0.25, 0.3) is 10.8 Å². The molecule has 0 atom stereocenters. The zero-order valence-corrected chi connectivity index (χ0v) is 19.2. The van der Waals surface area contributed by atoms with E-state index in [9.17, 15) is 24.5 Å². The van der Waals surface area contributed by atoms with E-state index in [0.29, 0.717) is 23.0 Å². The summed E-state index contributed by atoms with van der Waals surface area (Å²) in [5, 5.41) is 19.5. The predicted octanol–water partition coefficient (Wildman–Crippen LogP) is 3.14. The molecule has 35 heavy (non-hydrogen) atoms. The molecule has 1 aliphatic carbocycles. The molecule has 0 aliphatic heterocycles. The molecule has 3 aromatic rings. The van der Waals surface area contributed by atoms with Crippen LogP contribution >= 0.6 is 0 Å². The fourth-order valence-corrected chi connectivity index (χ4v) is 3.70. The number of unbranched alkanes of at least 4 members (excludes halogenated alkanes) is 2. The molecular formula is C24H26N6O5. The summed E-state index contributed by atoms with van der Waals surface area (Å²) in [6.45, 7) is 2.42. The van der Waals surface area contributed by atoms with E-state index in [2.05, 4.69) is 21.3 Å². The average molecular weight is 479 g/mol. The van der Waals surface area contributed by atoms with Gasteiger partial charge in [0.15, 0.2) is 5.69 Å². The van der Waals surface area contributed by atoms with Gasteiger partial charge in [0.1, 0.15) is 5.69 Å². The van der Waals surface area contributed by atoms with Crippen molar-refractivity contribution in [2.45, 2.75) is 51.6 Å². The van der Waals surface area contributed by atoms with Crippen LogP contribution in [0.1, 0.15) is 59.9 Å². The summed E-state index contributed by atoms with van der Waals surface area (Å²) in [4.78, 5) is 49.2. The number of hydrogen-bond acceptors (Lipinski definition) is 7. The Bertz CT molecular complexity index is 1350. The Hall–Kier alpha value is -4.28. The molecule has 4 rings (SSSR count). The second kappa shape index (κ2) is 10.3. The van der Waals surface area contributed by atoms with Gasteiger partial charge in [-0.3, -0.25) is 35.3 Å². The summed E-state index contributed by atoms with van der Waals surface area (Å²) in [5.41, 5.74) is 4.43. The van der Waals surface area contributed by atoms with E-state index in [-0.39, 0.29) is 28.5 Å². The van der Waals surface area contributed by atoms with E-state index in [1.165, 1.54) is 16.8 Å². The zero-order chi connectivity index (χ0) is 24.9. The standard InChI is InChI=1S/C24H26N6O5/c1-2-3-6-13-29-24(33)18-8-5-4-7-17(18)21(28-29)23(32)27-26-22(31)15-9-12-19(25-16-10-11-16)20(14-15)30(34)35/h4-5,7-9,12,14,16,25H,2-3,6,10-11,13H2,1H3,(H,26,31)(H,27,32). The second-order valence-electron chi connectivity index (χ2n) is 8.45. The summed E-state index contributed by atoms with van der Waals surface area (Å²) >= 11 is 0. The minimum atomic E-state index is -0.722. The molecule has 1 heterocycles.